The van der Waals surface area contributed by atoms with Crippen molar-refractivity contribution >= 4 is 135 Å². The summed E-state index contributed by atoms with van der Waals surface area (Å²) >= 11 is 28.6. The van der Waals surface area contributed by atoms with Crippen LogP contribution in [0.2, 0.25) is 20.1 Å². The van der Waals surface area contributed by atoms with E-state index in [9.17, 15) is 29.3 Å². The van der Waals surface area contributed by atoms with Crippen molar-refractivity contribution in [3.63, 3.8) is 0 Å². The average molecular weight is 1720 g/mol. The highest BCUT2D eigenvalue weighted by Crippen LogP contribution is 2.49. The molecule has 0 spiro atoms. The van der Waals surface area contributed by atoms with E-state index in [2.05, 4.69) is 117 Å². The van der Waals surface area contributed by atoms with Crippen LogP contribution in [0, 0.1) is 46.6 Å². The molecule has 8 aromatic rings. The number of nitro groups is 1. The van der Waals surface area contributed by atoms with Crippen LogP contribution in [-0.2, 0) is 19.0 Å². The minimum absolute atomic E-state index is 0.0215. The van der Waals surface area contributed by atoms with Gasteiger partial charge in [0.05, 0.1) is 53.1 Å². The highest BCUT2D eigenvalue weighted by atomic mass is 79.9. The predicted molar refractivity (Wildman–Crippen MR) is 468 cm³/mol. The van der Waals surface area contributed by atoms with Gasteiger partial charge >= 0.3 is 18.3 Å². The quantitative estimate of drug-likeness (QED) is 0.0766. The van der Waals surface area contributed by atoms with E-state index in [1.165, 1.54) is 27.8 Å². The molecule has 1 N–H and O–H groups in total. The van der Waals surface area contributed by atoms with E-state index in [1.807, 2.05) is 90.8 Å². The van der Waals surface area contributed by atoms with Crippen molar-refractivity contribution in [1.82, 2.24) is 44.9 Å². The lowest BCUT2D eigenvalue weighted by Crippen LogP contribution is -2.41. The second-order valence-electron chi connectivity index (χ2n) is 31.5. The van der Waals surface area contributed by atoms with Crippen molar-refractivity contribution in [2.75, 3.05) is 85.3 Å². The molecule has 4 unspecified atom stereocenters. The van der Waals surface area contributed by atoms with Gasteiger partial charge in [0.1, 0.15) is 0 Å². The molecule has 4 atom stereocenters. The number of halogens is 5. The van der Waals surface area contributed by atoms with Crippen LogP contribution in [0.25, 0.3) is 48.2 Å². The average Bonchev–Trinajstić information content (AvgIpc) is 1.66. The monoisotopic (exact) mass is 1720 g/mol. The number of rotatable bonds is 10. The smallest absolute Gasteiger partial charge is 0.409 e. The first-order valence-electron chi connectivity index (χ1n) is 41.1. The number of benzene rings is 4. The fourth-order valence-electron chi connectivity index (χ4n) is 18.7. The van der Waals surface area contributed by atoms with Crippen molar-refractivity contribution in [2.45, 2.75) is 122 Å². The summed E-state index contributed by atoms with van der Waals surface area (Å²) in [5.41, 5.74) is 18.3. The van der Waals surface area contributed by atoms with E-state index in [0.717, 1.165) is 198 Å². The predicted octanol–water partition coefficient (Wildman–Crippen LogP) is 21.3. The van der Waals surface area contributed by atoms with Crippen molar-refractivity contribution in [3.8, 4) is 0 Å². The molecule has 19 nitrogen and oxygen atoms in total. The van der Waals surface area contributed by atoms with Gasteiger partial charge in [-0.15, -0.1) is 0 Å². The fourth-order valence-corrected chi connectivity index (χ4v) is 19.7. The Bertz CT molecular complexity index is 4970. The Morgan fingerprint density at radius 2 is 0.821 bits per heavy atom. The number of nitrogens with zero attached hydrogens (tertiary/aromatic N) is 9. The van der Waals surface area contributed by atoms with Gasteiger partial charge in [0.25, 0.3) is 5.70 Å². The van der Waals surface area contributed by atoms with Crippen LogP contribution in [0.4, 0.5) is 14.4 Å². The number of amides is 4. The number of piperidine rings is 5. The van der Waals surface area contributed by atoms with Gasteiger partial charge in [-0.05, 0) is 285 Å². The van der Waals surface area contributed by atoms with Crippen LogP contribution in [0.5, 0.6) is 0 Å². The number of aromatic nitrogens is 4. The molecule has 4 aliphatic carbocycles. The number of hydrogen-bond acceptors (Lipinski definition) is 14. The molecule has 4 aromatic carbocycles. The first kappa shape index (κ1) is 84.2. The summed E-state index contributed by atoms with van der Waals surface area (Å²) in [6, 6.07) is 35.9. The van der Waals surface area contributed by atoms with Crippen LogP contribution in [0.1, 0.15) is 210 Å². The molecule has 24 heteroatoms. The summed E-state index contributed by atoms with van der Waals surface area (Å²) in [6.07, 6.45) is 31.4. The second-order valence-corrected chi connectivity index (χ2v) is 34.2. The molecule has 117 heavy (non-hydrogen) atoms. The van der Waals surface area contributed by atoms with Crippen LogP contribution < -0.4 is 5.32 Å². The van der Waals surface area contributed by atoms with Gasteiger partial charge in [0, 0.05) is 143 Å². The number of pyridine rings is 4. The van der Waals surface area contributed by atoms with Gasteiger partial charge < -0.3 is 39.1 Å². The fraction of sp³-hybridized carbons (Fsp3) is 0.398. The van der Waals surface area contributed by atoms with Gasteiger partial charge in [0.15, 0.2) is 0 Å². The first-order chi connectivity index (χ1) is 56.8. The van der Waals surface area contributed by atoms with Crippen LogP contribution in [0.15, 0.2) is 138 Å². The van der Waals surface area contributed by atoms with E-state index in [-0.39, 0.29) is 58.5 Å². The summed E-state index contributed by atoms with van der Waals surface area (Å²) in [7, 11) is 0. The topological polar surface area (TPSA) is 216 Å². The molecule has 5 aliphatic heterocycles. The van der Waals surface area contributed by atoms with Crippen LogP contribution in [0.3, 0.4) is 0 Å². The Morgan fingerprint density at radius 3 is 1.26 bits per heavy atom. The van der Waals surface area contributed by atoms with Crippen molar-refractivity contribution < 1.29 is 38.3 Å². The Kier molecular flexibility index (Phi) is 28.1. The van der Waals surface area contributed by atoms with Crippen molar-refractivity contribution in [3.05, 3.63) is 264 Å². The lowest BCUT2D eigenvalue weighted by Gasteiger charge is -2.37. The third-order valence-corrected chi connectivity index (χ3v) is 25.8. The summed E-state index contributed by atoms with van der Waals surface area (Å²) in [4.78, 5) is 87.2. The third-order valence-electron chi connectivity index (χ3n) is 24.4. The Balaban J connectivity index is 0.000000129. The lowest BCUT2D eigenvalue weighted by molar-refractivity contribution is -0.374. The summed E-state index contributed by atoms with van der Waals surface area (Å²) < 4.78 is 16.4. The minimum Gasteiger partial charge on any atom is -0.450 e. The van der Waals surface area contributed by atoms with Crippen molar-refractivity contribution in [2.24, 2.45) is 29.6 Å². The molecule has 9 aliphatic rings. The Labute approximate surface area is 713 Å². The van der Waals surface area contributed by atoms with Gasteiger partial charge in [-0.2, -0.15) is 0 Å². The maximum Gasteiger partial charge on any atom is 0.409 e. The normalized spacial score (nSPS) is 19.7. The molecule has 5 fully saturated rings. The highest BCUT2D eigenvalue weighted by Gasteiger charge is 2.41. The maximum absolute atomic E-state index is 12.9. The number of carbonyl (C=O) groups is 4. The number of aryl methyl sites for hydroxylation is 1. The van der Waals surface area contributed by atoms with E-state index >= 15 is 0 Å². The molecule has 9 heterocycles. The molecule has 17 rings (SSSR count). The zero-order chi connectivity index (χ0) is 81.8. The first-order valence-corrected chi connectivity index (χ1v) is 43.5. The van der Waals surface area contributed by atoms with Crippen molar-refractivity contribution in [1.29, 1.82) is 0 Å². The second kappa shape index (κ2) is 39.1. The molecule has 4 aromatic heterocycles. The summed E-state index contributed by atoms with van der Waals surface area (Å²) in [5.74, 6) is 2.84. The van der Waals surface area contributed by atoms with E-state index in [4.69, 9.17) is 75.6 Å². The third kappa shape index (κ3) is 19.9. The number of carbonyl (C=O) groups excluding carboxylic acids is 4. The molecule has 4 amide bonds. The number of hydrogen-bond donors (Lipinski definition) is 1. The zero-order valence-electron chi connectivity index (χ0n) is 66.5. The zero-order valence-corrected chi connectivity index (χ0v) is 71.1. The highest BCUT2D eigenvalue weighted by molar-refractivity contribution is 9.10. The van der Waals surface area contributed by atoms with Gasteiger partial charge in [-0.3, -0.25) is 34.8 Å². The van der Waals surface area contributed by atoms with E-state index in [1.54, 1.807) is 42.3 Å². The minimum atomic E-state index is -0.363. The molecule has 5 saturated heterocycles. The molecule has 610 valence electrons. The van der Waals surface area contributed by atoms with Gasteiger partial charge in [-0.1, -0.05) is 119 Å². The number of nitrogens with one attached hydrogen (secondary N) is 1. The largest absolute Gasteiger partial charge is 0.450 e. The molecule has 0 saturated carbocycles. The Morgan fingerprint density at radius 1 is 0.453 bits per heavy atom. The molecular weight excluding hydrogens is 1620 g/mol. The summed E-state index contributed by atoms with van der Waals surface area (Å²) in [5, 5.41) is 18.0. The lowest BCUT2D eigenvalue weighted by atomic mass is 9.76. The standard InChI is InChI=1S/C26H29BrClN3O.C23H25ClN2O2.C22H22ClN3O4.C22H23ClN2O2/c27-21-14-20-2-1-19-15-22(28)3-4-23(19)25(26(20)30-16-21)18-7-11-31(12-8-18)24(32)13-17-5-9-29-10-6-17;1-3-28-23(27)26-10-8-16(9-11-26)21-20-7-6-19(24)13-17(20)4-5-18-12-15(2)14-25-22(18)21;1-2-30-22(27)25-10-7-14(8-11-25)20-17-6-5-16(23)13-18(17)19(26(28)29)12-15-4-3-9-24-21(15)20;1-2-27-22(26)25-12-9-15(10-13-25)20-19-8-7-18(23)14-17(19)6-5-16-4-3-11-24-21(16)20/h1-4,14-18,25,29H,5-13H2;4-7,12-14,16,21H,3,8-11H2,1-2H3;3-6,9,12-14,20H,2,7-8,10-11H2,1H3;3-8,11,14-15,20H,2,9-10,12-13H2,1H3. The number of fused-ring (bicyclic) bond motifs is 8. The summed E-state index contributed by atoms with van der Waals surface area (Å²) in [6.45, 7) is 16.5. The number of ether oxygens (including phenoxy) is 3. The SMILES string of the molecule is CCOC(=O)N1CCC(C2c3ccc(Cl)cc3C([N+](=O)[O-])=Cc3cccnc32)CC1.CCOC(=O)N1CCC(C2c3ccc(Cl)cc3C=Cc3cc(C)cnc32)CC1.CCOC(=O)N1CCC(C2c3ccc(Cl)cc3C=Cc3cccnc32)CC1.O=C(CC1CCNCC1)N1CCC(C2c3ccc(Cl)cc3C=Cc3cc(Br)cnc32)CC1. The van der Waals surface area contributed by atoms with Crippen LogP contribution >= 0.6 is 62.3 Å². The van der Waals surface area contributed by atoms with Crippen LogP contribution in [-0.4, -0.2) is 154 Å². The number of likely N-dealkylation sites (tertiary alicyclic amines) is 4. The maximum atomic E-state index is 12.9. The van der Waals surface area contributed by atoms with E-state index < -0.39 is 0 Å². The van der Waals surface area contributed by atoms with Gasteiger partial charge in [0.2, 0.25) is 5.91 Å². The molecule has 0 bridgehead atoms. The Hall–Kier alpha value is -9.28. The molecule has 0 radical (unpaired) electrons. The molecular formula is C93H99BrCl4N10O9. The van der Waals surface area contributed by atoms with Gasteiger partial charge in [-0.25, -0.2) is 14.4 Å². The van der Waals surface area contributed by atoms with E-state index in [0.29, 0.717) is 79.5 Å².